The maximum atomic E-state index is 12.6. The highest BCUT2D eigenvalue weighted by atomic mass is 16.4. The molecule has 0 radical (unpaired) electrons. The fourth-order valence-electron chi connectivity index (χ4n) is 6.53. The number of aliphatic hydroxyl groups excluding tert-OH is 1. The highest BCUT2D eigenvalue weighted by molar-refractivity contribution is 5.40. The zero-order valence-corrected chi connectivity index (χ0v) is 20.2. The van der Waals surface area contributed by atoms with Crippen LogP contribution in [0.5, 0.6) is 5.75 Å². The van der Waals surface area contributed by atoms with E-state index in [1.54, 1.807) is 13.8 Å². The van der Waals surface area contributed by atoms with Crippen LogP contribution in [0.2, 0.25) is 0 Å². The molecule has 5 atom stereocenters. The Hall–Kier alpha value is -1.81. The molecular weight excluding hydrogens is 388 g/mol. The van der Waals surface area contributed by atoms with Crippen LogP contribution in [0.15, 0.2) is 33.0 Å². The van der Waals surface area contributed by atoms with Crippen LogP contribution in [0, 0.1) is 36.5 Å². The Morgan fingerprint density at radius 3 is 2.58 bits per heavy atom. The first-order valence-electron chi connectivity index (χ1n) is 11.7. The molecule has 1 aromatic rings. The minimum absolute atomic E-state index is 0.0643. The molecule has 0 saturated heterocycles. The average Bonchev–Trinajstić information content (AvgIpc) is 2.68. The number of hydrogen-bond acceptors (Lipinski definition) is 4. The van der Waals surface area contributed by atoms with Gasteiger partial charge in [0.1, 0.15) is 11.5 Å². The average molecular weight is 429 g/mol. The van der Waals surface area contributed by atoms with Crippen LogP contribution in [0.3, 0.4) is 0 Å². The smallest absolute Gasteiger partial charge is 0.342 e. The molecule has 4 heteroatoms. The van der Waals surface area contributed by atoms with Crippen molar-refractivity contribution in [3.63, 3.8) is 0 Å². The van der Waals surface area contributed by atoms with Gasteiger partial charge in [-0.3, -0.25) is 0 Å². The number of aliphatic hydroxyl groups is 1. The highest BCUT2D eigenvalue weighted by Gasteiger charge is 2.57. The summed E-state index contributed by atoms with van der Waals surface area (Å²) in [5.41, 5.74) is 2.76. The summed E-state index contributed by atoms with van der Waals surface area (Å²) >= 11 is 0. The Bertz CT molecular complexity index is 935. The van der Waals surface area contributed by atoms with Crippen molar-refractivity contribution in [1.29, 1.82) is 0 Å². The fraction of sp³-hybridized carbons (Fsp3) is 0.667. The lowest BCUT2D eigenvalue weighted by Crippen LogP contribution is -2.56. The lowest BCUT2D eigenvalue weighted by atomic mass is 9.45. The van der Waals surface area contributed by atoms with Gasteiger partial charge in [-0.05, 0) is 95.3 Å². The van der Waals surface area contributed by atoms with Gasteiger partial charge in [0.25, 0.3) is 0 Å². The molecule has 1 heterocycles. The van der Waals surface area contributed by atoms with Gasteiger partial charge in [-0.1, -0.05) is 37.6 Å². The molecule has 1 aromatic heterocycles. The molecule has 0 aliphatic heterocycles. The maximum Gasteiger partial charge on any atom is 0.342 e. The van der Waals surface area contributed by atoms with Crippen LogP contribution in [-0.4, -0.2) is 16.3 Å². The monoisotopic (exact) mass is 428 g/mol. The lowest BCUT2D eigenvalue weighted by molar-refractivity contribution is -0.136. The van der Waals surface area contributed by atoms with Crippen LogP contribution in [0.4, 0.5) is 0 Å². The van der Waals surface area contributed by atoms with E-state index in [0.717, 1.165) is 44.1 Å². The summed E-state index contributed by atoms with van der Waals surface area (Å²) in [7, 11) is 0. The van der Waals surface area contributed by atoms with Crippen LogP contribution in [0.1, 0.15) is 83.1 Å². The van der Waals surface area contributed by atoms with E-state index in [4.69, 9.17) is 4.42 Å². The first kappa shape index (κ1) is 23.8. The molecule has 2 fully saturated rings. The zero-order chi connectivity index (χ0) is 23.1. The van der Waals surface area contributed by atoms with Crippen molar-refractivity contribution in [3.8, 4) is 5.75 Å². The molecular formula is C27H40O4. The Kier molecular flexibility index (Phi) is 6.63. The molecule has 5 unspecified atom stereocenters. The molecule has 0 spiro atoms. The summed E-state index contributed by atoms with van der Waals surface area (Å²) in [5.74, 6) is 0.947. The van der Waals surface area contributed by atoms with E-state index in [2.05, 4.69) is 40.3 Å². The first-order valence-corrected chi connectivity index (χ1v) is 11.7. The minimum Gasteiger partial charge on any atom is -0.507 e. The SMILES string of the molecule is C=C1CCC2C(C)(CCC=C(C)C)C(O)CCC2(C)C1Cc1c(O)c(C)c(C)oc1=O. The molecule has 0 amide bonds. The van der Waals surface area contributed by atoms with Gasteiger partial charge in [-0.15, -0.1) is 0 Å². The summed E-state index contributed by atoms with van der Waals surface area (Å²) in [6.45, 7) is 16.7. The van der Waals surface area contributed by atoms with Crippen LogP contribution in [0.25, 0.3) is 0 Å². The third-order valence-electron chi connectivity index (χ3n) is 8.66. The molecule has 2 aliphatic rings. The van der Waals surface area contributed by atoms with Gasteiger partial charge in [0.15, 0.2) is 0 Å². The zero-order valence-electron chi connectivity index (χ0n) is 20.2. The molecule has 172 valence electrons. The maximum absolute atomic E-state index is 12.6. The molecule has 2 aliphatic carbocycles. The Labute approximate surface area is 187 Å². The van der Waals surface area contributed by atoms with Crippen LogP contribution >= 0.6 is 0 Å². The topological polar surface area (TPSA) is 70.7 Å². The first-order chi connectivity index (χ1) is 14.4. The third-order valence-corrected chi connectivity index (χ3v) is 8.66. The van der Waals surface area contributed by atoms with Crippen molar-refractivity contribution in [2.24, 2.45) is 22.7 Å². The van der Waals surface area contributed by atoms with Gasteiger partial charge in [-0.2, -0.15) is 0 Å². The second-order valence-electron chi connectivity index (χ2n) is 10.8. The molecule has 3 rings (SSSR count). The Morgan fingerprint density at radius 1 is 1.26 bits per heavy atom. The van der Waals surface area contributed by atoms with Gasteiger partial charge >= 0.3 is 5.63 Å². The van der Waals surface area contributed by atoms with Crippen molar-refractivity contribution >= 4 is 0 Å². The fourth-order valence-corrected chi connectivity index (χ4v) is 6.53. The van der Waals surface area contributed by atoms with E-state index in [9.17, 15) is 15.0 Å². The molecule has 31 heavy (non-hydrogen) atoms. The third kappa shape index (κ3) is 4.16. The quantitative estimate of drug-likeness (QED) is 0.564. The number of rotatable bonds is 5. The van der Waals surface area contributed by atoms with Crippen molar-refractivity contribution < 1.29 is 14.6 Å². The van der Waals surface area contributed by atoms with E-state index in [-0.39, 0.29) is 28.6 Å². The number of allylic oxidation sites excluding steroid dienone is 3. The van der Waals surface area contributed by atoms with Gasteiger partial charge in [0, 0.05) is 5.56 Å². The van der Waals surface area contributed by atoms with Crippen molar-refractivity contribution in [2.75, 3.05) is 0 Å². The van der Waals surface area contributed by atoms with Crippen molar-refractivity contribution in [3.05, 3.63) is 51.1 Å². The lowest BCUT2D eigenvalue weighted by Gasteiger charge is -2.60. The van der Waals surface area contributed by atoms with Gasteiger partial charge < -0.3 is 14.6 Å². The normalized spacial score (nSPS) is 33.1. The molecule has 4 nitrogen and oxygen atoms in total. The minimum atomic E-state index is -0.443. The van der Waals surface area contributed by atoms with E-state index >= 15 is 0 Å². The number of aryl methyl sites for hydroxylation is 1. The number of fused-ring (bicyclic) bond motifs is 1. The van der Waals surface area contributed by atoms with Crippen LogP contribution in [-0.2, 0) is 6.42 Å². The molecule has 0 bridgehead atoms. The van der Waals surface area contributed by atoms with Crippen molar-refractivity contribution in [1.82, 2.24) is 0 Å². The van der Waals surface area contributed by atoms with Gasteiger partial charge in [-0.25, -0.2) is 4.79 Å². The molecule has 0 aromatic carbocycles. The summed E-state index contributed by atoms with van der Waals surface area (Å²) in [6, 6.07) is 0. The Morgan fingerprint density at radius 2 is 1.94 bits per heavy atom. The van der Waals surface area contributed by atoms with E-state index in [1.807, 2.05) is 0 Å². The second kappa shape index (κ2) is 8.61. The molecule has 2 N–H and O–H groups in total. The number of hydrogen-bond donors (Lipinski definition) is 2. The summed E-state index contributed by atoms with van der Waals surface area (Å²) in [6.07, 6.45) is 7.89. The van der Waals surface area contributed by atoms with E-state index in [1.165, 1.54) is 5.57 Å². The summed E-state index contributed by atoms with van der Waals surface area (Å²) < 4.78 is 5.41. The van der Waals surface area contributed by atoms with Gasteiger partial charge in [0.05, 0.1) is 11.7 Å². The van der Waals surface area contributed by atoms with Crippen molar-refractivity contribution in [2.45, 2.75) is 92.6 Å². The standard InChI is InChI=1S/C27H40O4/c1-16(2)9-8-13-27(7)22-11-10-17(3)21(26(22,6)14-12-23(27)28)15-20-24(29)18(4)19(5)31-25(20)30/h9,21-23,28-29H,3,8,10-15H2,1-2,4-7H3. The summed E-state index contributed by atoms with van der Waals surface area (Å²) in [5, 5.41) is 21.8. The van der Waals surface area contributed by atoms with E-state index in [0.29, 0.717) is 29.2 Å². The van der Waals surface area contributed by atoms with E-state index < -0.39 is 5.63 Å². The number of aromatic hydroxyl groups is 1. The second-order valence-corrected chi connectivity index (χ2v) is 10.8. The highest BCUT2D eigenvalue weighted by Crippen LogP contribution is 2.62. The Balaban J connectivity index is 1.98. The summed E-state index contributed by atoms with van der Waals surface area (Å²) in [4.78, 5) is 12.6. The van der Waals surface area contributed by atoms with Gasteiger partial charge in [0.2, 0.25) is 0 Å². The van der Waals surface area contributed by atoms with Crippen LogP contribution < -0.4 is 5.63 Å². The molecule has 2 saturated carbocycles. The largest absolute Gasteiger partial charge is 0.507 e. The predicted octanol–water partition coefficient (Wildman–Crippen LogP) is 6.00. The predicted molar refractivity (Wildman–Crippen MR) is 125 cm³/mol.